The molecule has 1 fully saturated rings. The monoisotopic (exact) mass is 277 g/mol. The van der Waals surface area contributed by atoms with E-state index in [4.69, 9.17) is 0 Å². The second kappa shape index (κ2) is 7.07. The van der Waals surface area contributed by atoms with Gasteiger partial charge in [0.25, 0.3) is 0 Å². The maximum absolute atomic E-state index is 11.5. The van der Waals surface area contributed by atoms with E-state index in [1.807, 2.05) is 11.0 Å². The van der Waals surface area contributed by atoms with Gasteiger partial charge in [-0.25, -0.2) is 9.97 Å². The number of rotatable bonds is 6. The molecule has 2 N–H and O–H groups in total. The van der Waals surface area contributed by atoms with Crippen molar-refractivity contribution in [1.82, 2.24) is 15.3 Å². The lowest BCUT2D eigenvalue weighted by molar-refractivity contribution is -0.120. The molecule has 0 aromatic carbocycles. The van der Waals surface area contributed by atoms with Crippen LogP contribution in [0, 0.1) is 0 Å². The summed E-state index contributed by atoms with van der Waals surface area (Å²) in [6, 6.07) is 1.94. The van der Waals surface area contributed by atoms with Crippen molar-refractivity contribution in [2.45, 2.75) is 33.1 Å². The Hall–Kier alpha value is -1.85. The number of nitrogens with one attached hydrogen (secondary N) is 2. The van der Waals surface area contributed by atoms with Crippen molar-refractivity contribution in [3.63, 3.8) is 0 Å². The first-order valence-electron chi connectivity index (χ1n) is 7.36. The maximum atomic E-state index is 11.5. The number of carbonyl (C=O) groups excluding carboxylic acids is 1. The fourth-order valence-electron chi connectivity index (χ4n) is 2.16. The molecule has 1 aromatic heterocycles. The molecule has 1 amide bonds. The number of hydrogen-bond acceptors (Lipinski definition) is 5. The van der Waals surface area contributed by atoms with Crippen molar-refractivity contribution in [1.29, 1.82) is 0 Å². The van der Waals surface area contributed by atoms with Gasteiger partial charge in [0.1, 0.15) is 17.5 Å². The van der Waals surface area contributed by atoms with Crippen LogP contribution in [0.5, 0.6) is 0 Å². The van der Waals surface area contributed by atoms with E-state index in [0.29, 0.717) is 13.1 Å². The molecule has 20 heavy (non-hydrogen) atoms. The summed E-state index contributed by atoms with van der Waals surface area (Å²) in [6.07, 6.45) is 2.92. The quantitative estimate of drug-likeness (QED) is 0.817. The minimum Gasteiger partial charge on any atom is -0.370 e. The molecule has 110 valence electrons. The minimum absolute atomic E-state index is 0.0509. The topological polar surface area (TPSA) is 70.2 Å². The SMILES string of the molecule is CCCNc1cc(N2CCNC(=O)C2)nc(CCC)n1. The molecule has 1 aromatic rings. The van der Waals surface area contributed by atoms with Crippen molar-refractivity contribution in [2.75, 3.05) is 36.4 Å². The summed E-state index contributed by atoms with van der Waals surface area (Å²) >= 11 is 0. The molecule has 1 aliphatic heterocycles. The fourth-order valence-corrected chi connectivity index (χ4v) is 2.16. The summed E-state index contributed by atoms with van der Waals surface area (Å²) in [4.78, 5) is 22.6. The van der Waals surface area contributed by atoms with Crippen LogP contribution in [0.15, 0.2) is 6.07 Å². The van der Waals surface area contributed by atoms with Crippen LogP contribution in [0.1, 0.15) is 32.5 Å². The molecule has 0 atom stereocenters. The predicted octanol–water partition coefficient (Wildman–Crippen LogP) is 1.19. The Balaban J connectivity index is 2.20. The molecule has 0 radical (unpaired) electrons. The van der Waals surface area contributed by atoms with Crippen LogP contribution in [0.4, 0.5) is 11.6 Å². The van der Waals surface area contributed by atoms with Crippen molar-refractivity contribution < 1.29 is 4.79 Å². The van der Waals surface area contributed by atoms with Crippen LogP contribution in [0.2, 0.25) is 0 Å². The van der Waals surface area contributed by atoms with Gasteiger partial charge in [0.2, 0.25) is 5.91 Å². The lowest BCUT2D eigenvalue weighted by Crippen LogP contribution is -2.48. The number of aryl methyl sites for hydroxylation is 1. The Morgan fingerprint density at radius 1 is 1.35 bits per heavy atom. The van der Waals surface area contributed by atoms with Crippen LogP contribution < -0.4 is 15.5 Å². The smallest absolute Gasteiger partial charge is 0.239 e. The molecule has 2 heterocycles. The van der Waals surface area contributed by atoms with Gasteiger partial charge in [-0.15, -0.1) is 0 Å². The maximum Gasteiger partial charge on any atom is 0.239 e. The number of anilines is 2. The van der Waals surface area contributed by atoms with Gasteiger partial charge in [0.15, 0.2) is 0 Å². The zero-order valence-electron chi connectivity index (χ0n) is 12.3. The standard InChI is InChI=1S/C14H23N5O/c1-3-5-11-17-12(15-6-4-2)9-13(18-11)19-8-7-16-14(20)10-19/h9H,3-8,10H2,1-2H3,(H,16,20)(H,15,17,18). The highest BCUT2D eigenvalue weighted by molar-refractivity contribution is 5.82. The van der Waals surface area contributed by atoms with Gasteiger partial charge in [0.05, 0.1) is 6.54 Å². The number of amides is 1. The van der Waals surface area contributed by atoms with E-state index in [-0.39, 0.29) is 5.91 Å². The van der Waals surface area contributed by atoms with Crippen molar-refractivity contribution in [3.8, 4) is 0 Å². The third-order valence-electron chi connectivity index (χ3n) is 3.15. The number of aromatic nitrogens is 2. The molecule has 0 saturated carbocycles. The predicted molar refractivity (Wildman–Crippen MR) is 80.0 cm³/mol. The number of piperazine rings is 1. The first-order chi connectivity index (χ1) is 9.72. The average molecular weight is 277 g/mol. The van der Waals surface area contributed by atoms with Gasteiger partial charge in [-0.05, 0) is 12.8 Å². The third kappa shape index (κ3) is 3.82. The first-order valence-corrected chi connectivity index (χ1v) is 7.36. The molecule has 0 aliphatic carbocycles. The average Bonchev–Trinajstić information content (AvgIpc) is 2.45. The van der Waals surface area contributed by atoms with E-state index < -0.39 is 0 Å². The van der Waals surface area contributed by atoms with Gasteiger partial charge in [0, 0.05) is 32.1 Å². The zero-order chi connectivity index (χ0) is 14.4. The van der Waals surface area contributed by atoms with Gasteiger partial charge in [-0.2, -0.15) is 0 Å². The summed E-state index contributed by atoms with van der Waals surface area (Å²) in [5.74, 6) is 2.59. The molecule has 1 aliphatic rings. The Labute approximate surface area is 120 Å². The molecule has 0 spiro atoms. The molecular formula is C14H23N5O. The second-order valence-electron chi connectivity index (χ2n) is 4.98. The van der Waals surface area contributed by atoms with Gasteiger partial charge < -0.3 is 15.5 Å². The molecule has 0 unspecified atom stereocenters. The molecule has 6 nitrogen and oxygen atoms in total. The molecular weight excluding hydrogens is 254 g/mol. The van der Waals surface area contributed by atoms with Crippen LogP contribution in [0.3, 0.4) is 0 Å². The van der Waals surface area contributed by atoms with Gasteiger partial charge >= 0.3 is 0 Å². The van der Waals surface area contributed by atoms with Gasteiger partial charge in [-0.1, -0.05) is 13.8 Å². The highest BCUT2D eigenvalue weighted by Crippen LogP contribution is 2.17. The van der Waals surface area contributed by atoms with Crippen molar-refractivity contribution >= 4 is 17.5 Å². The molecule has 1 saturated heterocycles. The Kier molecular flexibility index (Phi) is 5.15. The lowest BCUT2D eigenvalue weighted by atomic mass is 10.3. The van der Waals surface area contributed by atoms with Crippen LogP contribution in [-0.4, -0.2) is 42.1 Å². The molecule has 2 rings (SSSR count). The van der Waals surface area contributed by atoms with Gasteiger partial charge in [-0.3, -0.25) is 4.79 Å². The molecule has 0 bridgehead atoms. The summed E-state index contributed by atoms with van der Waals surface area (Å²) in [7, 11) is 0. The summed E-state index contributed by atoms with van der Waals surface area (Å²) in [5, 5.41) is 6.14. The summed E-state index contributed by atoms with van der Waals surface area (Å²) < 4.78 is 0. The normalized spacial score (nSPS) is 15.1. The third-order valence-corrected chi connectivity index (χ3v) is 3.15. The summed E-state index contributed by atoms with van der Waals surface area (Å²) in [6.45, 7) is 6.96. The minimum atomic E-state index is 0.0509. The van der Waals surface area contributed by atoms with Crippen molar-refractivity contribution in [2.24, 2.45) is 0 Å². The van der Waals surface area contributed by atoms with Crippen LogP contribution >= 0.6 is 0 Å². The van der Waals surface area contributed by atoms with Crippen molar-refractivity contribution in [3.05, 3.63) is 11.9 Å². The van der Waals surface area contributed by atoms with E-state index in [1.54, 1.807) is 0 Å². The number of carbonyl (C=O) groups is 1. The first kappa shape index (κ1) is 14.6. The summed E-state index contributed by atoms with van der Waals surface area (Å²) in [5.41, 5.74) is 0. The second-order valence-corrected chi connectivity index (χ2v) is 4.98. The lowest BCUT2D eigenvalue weighted by Gasteiger charge is -2.28. The molecule has 6 heteroatoms. The Bertz CT molecular complexity index is 463. The zero-order valence-corrected chi connectivity index (χ0v) is 12.3. The van der Waals surface area contributed by atoms with Crippen LogP contribution in [-0.2, 0) is 11.2 Å². The number of hydrogen-bond donors (Lipinski definition) is 2. The fraction of sp³-hybridized carbons (Fsp3) is 0.643. The highest BCUT2D eigenvalue weighted by atomic mass is 16.2. The highest BCUT2D eigenvalue weighted by Gasteiger charge is 2.18. The largest absolute Gasteiger partial charge is 0.370 e. The van der Waals surface area contributed by atoms with E-state index >= 15 is 0 Å². The van der Waals surface area contributed by atoms with E-state index in [1.165, 1.54) is 0 Å². The number of nitrogens with zero attached hydrogens (tertiary/aromatic N) is 3. The Morgan fingerprint density at radius 2 is 2.20 bits per heavy atom. The Morgan fingerprint density at radius 3 is 2.90 bits per heavy atom. The van der Waals surface area contributed by atoms with E-state index in [0.717, 1.165) is 49.8 Å². The van der Waals surface area contributed by atoms with E-state index in [2.05, 4.69) is 34.4 Å². The van der Waals surface area contributed by atoms with E-state index in [9.17, 15) is 4.79 Å². The van der Waals surface area contributed by atoms with Crippen LogP contribution in [0.25, 0.3) is 0 Å².